The third-order valence-electron chi connectivity index (χ3n) is 6.30. The van der Waals surface area contributed by atoms with E-state index in [2.05, 4.69) is 29.2 Å². The highest BCUT2D eigenvalue weighted by Gasteiger charge is 2.61. The van der Waals surface area contributed by atoms with Crippen LogP contribution < -0.4 is 0 Å². The summed E-state index contributed by atoms with van der Waals surface area (Å²) in [4.78, 5) is 15.2. The van der Waals surface area contributed by atoms with Gasteiger partial charge in [0.2, 0.25) is 0 Å². The Balaban J connectivity index is 1.26. The summed E-state index contributed by atoms with van der Waals surface area (Å²) in [7, 11) is 0. The molecular formula is C25H31NO3. The van der Waals surface area contributed by atoms with Gasteiger partial charge in [0.25, 0.3) is 0 Å². The summed E-state index contributed by atoms with van der Waals surface area (Å²) in [5.41, 5.74) is 2.12. The summed E-state index contributed by atoms with van der Waals surface area (Å²) < 4.78 is 11.3. The van der Waals surface area contributed by atoms with Gasteiger partial charge in [0.15, 0.2) is 0 Å². The van der Waals surface area contributed by atoms with Crippen LogP contribution in [0.15, 0.2) is 60.7 Å². The fourth-order valence-corrected chi connectivity index (χ4v) is 4.60. The third-order valence-corrected chi connectivity index (χ3v) is 6.30. The van der Waals surface area contributed by atoms with E-state index in [9.17, 15) is 4.79 Å². The minimum atomic E-state index is -0.255. The molecule has 2 fully saturated rings. The Morgan fingerprint density at radius 3 is 2.10 bits per heavy atom. The van der Waals surface area contributed by atoms with Crippen LogP contribution in [0.3, 0.4) is 0 Å². The van der Waals surface area contributed by atoms with Crippen molar-refractivity contribution in [1.29, 1.82) is 0 Å². The molecule has 2 aromatic rings. The lowest BCUT2D eigenvalue weighted by Gasteiger charge is -2.26. The van der Waals surface area contributed by atoms with Gasteiger partial charge < -0.3 is 14.4 Å². The second kappa shape index (κ2) is 9.55. The van der Waals surface area contributed by atoms with Gasteiger partial charge >= 0.3 is 5.97 Å². The van der Waals surface area contributed by atoms with Gasteiger partial charge in [-0.05, 0) is 43.5 Å². The van der Waals surface area contributed by atoms with E-state index in [1.807, 2.05) is 36.4 Å². The lowest BCUT2D eigenvalue weighted by Crippen LogP contribution is -2.32. The smallest absolute Gasteiger partial charge is 0.310 e. The van der Waals surface area contributed by atoms with Crippen LogP contribution in [0.25, 0.3) is 0 Å². The van der Waals surface area contributed by atoms with Crippen molar-refractivity contribution >= 4 is 5.97 Å². The van der Waals surface area contributed by atoms with Crippen LogP contribution >= 0.6 is 0 Å². The van der Waals surface area contributed by atoms with Crippen molar-refractivity contribution in [1.82, 2.24) is 4.90 Å². The lowest BCUT2D eigenvalue weighted by molar-refractivity contribution is -0.147. The molecule has 1 aliphatic carbocycles. The fourth-order valence-electron chi connectivity index (χ4n) is 4.60. The molecule has 1 saturated carbocycles. The first-order valence-corrected chi connectivity index (χ1v) is 10.9. The van der Waals surface area contributed by atoms with Gasteiger partial charge in [-0.15, -0.1) is 0 Å². The summed E-state index contributed by atoms with van der Waals surface area (Å²) in [6.07, 6.45) is 4.74. The predicted molar refractivity (Wildman–Crippen MR) is 114 cm³/mol. The molecule has 2 aromatic carbocycles. The number of esters is 1. The molecule has 1 atom stereocenters. The van der Waals surface area contributed by atoms with Crippen molar-refractivity contribution < 1.29 is 14.3 Å². The molecule has 154 valence electrons. The zero-order valence-corrected chi connectivity index (χ0v) is 17.1. The molecule has 0 radical (unpaired) electrons. The maximum Gasteiger partial charge on any atom is 0.310 e. The highest BCUT2D eigenvalue weighted by Crippen LogP contribution is 2.59. The molecule has 0 amide bonds. The van der Waals surface area contributed by atoms with Crippen molar-refractivity contribution in [2.75, 3.05) is 39.5 Å². The van der Waals surface area contributed by atoms with Gasteiger partial charge in [0.05, 0.1) is 19.1 Å². The van der Waals surface area contributed by atoms with Crippen LogP contribution in [0.2, 0.25) is 0 Å². The van der Waals surface area contributed by atoms with Crippen molar-refractivity contribution in [2.24, 2.45) is 5.92 Å². The monoisotopic (exact) mass is 393 g/mol. The number of rotatable bonds is 9. The van der Waals surface area contributed by atoms with Gasteiger partial charge in [0.1, 0.15) is 6.61 Å². The normalized spacial score (nSPS) is 20.9. The first-order valence-electron chi connectivity index (χ1n) is 10.9. The molecule has 0 N–H and O–H groups in total. The first kappa shape index (κ1) is 20.1. The maximum absolute atomic E-state index is 12.8. The summed E-state index contributed by atoms with van der Waals surface area (Å²) in [5.74, 6) is -0.238. The summed E-state index contributed by atoms with van der Waals surface area (Å²) >= 11 is 0. The Morgan fingerprint density at radius 2 is 1.48 bits per heavy atom. The van der Waals surface area contributed by atoms with E-state index >= 15 is 0 Å². The second-order valence-electron chi connectivity index (χ2n) is 8.14. The van der Waals surface area contributed by atoms with Crippen LogP contribution in [0.5, 0.6) is 0 Å². The molecule has 0 bridgehead atoms. The molecule has 29 heavy (non-hydrogen) atoms. The Morgan fingerprint density at radius 1 is 0.862 bits per heavy atom. The quantitative estimate of drug-likeness (QED) is 0.476. The van der Waals surface area contributed by atoms with Crippen LogP contribution in [0.1, 0.15) is 36.8 Å². The largest absolute Gasteiger partial charge is 0.463 e. The SMILES string of the molecule is O=C(OCCOCCN1CCCCC1)C1CC1(c1ccccc1)c1ccccc1. The Labute approximate surface area is 173 Å². The van der Waals surface area contributed by atoms with E-state index in [0.717, 1.165) is 13.0 Å². The van der Waals surface area contributed by atoms with Crippen molar-refractivity contribution in [3.63, 3.8) is 0 Å². The van der Waals surface area contributed by atoms with Crippen molar-refractivity contribution in [2.45, 2.75) is 31.1 Å². The van der Waals surface area contributed by atoms with Gasteiger partial charge in [-0.2, -0.15) is 0 Å². The number of likely N-dealkylation sites (tertiary alicyclic amines) is 1. The molecule has 4 rings (SSSR count). The standard InChI is InChI=1S/C25H31NO3/c27-24(29-19-18-28-17-16-26-14-8-3-9-15-26)23-20-25(23,21-10-4-1-5-11-21)22-12-6-2-7-13-22/h1-2,4-7,10-13,23H,3,8-9,14-20H2. The fraction of sp³-hybridized carbons (Fsp3) is 0.480. The molecule has 4 nitrogen and oxygen atoms in total. The average Bonchev–Trinajstić information content (AvgIpc) is 3.55. The third kappa shape index (κ3) is 4.71. The topological polar surface area (TPSA) is 38.8 Å². The maximum atomic E-state index is 12.8. The number of hydrogen-bond donors (Lipinski definition) is 0. The molecular weight excluding hydrogens is 362 g/mol. The second-order valence-corrected chi connectivity index (χ2v) is 8.14. The predicted octanol–water partition coefficient (Wildman–Crippen LogP) is 4.04. The van der Waals surface area contributed by atoms with Gasteiger partial charge in [0, 0.05) is 12.0 Å². The molecule has 1 saturated heterocycles. The Hall–Kier alpha value is -2.17. The first-order chi connectivity index (χ1) is 14.3. The highest BCUT2D eigenvalue weighted by molar-refractivity contribution is 5.81. The highest BCUT2D eigenvalue weighted by atomic mass is 16.6. The zero-order valence-electron chi connectivity index (χ0n) is 17.1. The van der Waals surface area contributed by atoms with Gasteiger partial charge in [-0.3, -0.25) is 4.79 Å². The average molecular weight is 394 g/mol. The summed E-state index contributed by atoms with van der Waals surface area (Å²) in [5, 5.41) is 0. The number of benzene rings is 2. The number of piperidine rings is 1. The number of ether oxygens (including phenoxy) is 2. The van der Waals surface area contributed by atoms with Crippen LogP contribution in [0.4, 0.5) is 0 Å². The number of carbonyl (C=O) groups is 1. The van der Waals surface area contributed by atoms with Crippen LogP contribution in [-0.4, -0.2) is 50.3 Å². The van der Waals surface area contributed by atoms with E-state index in [0.29, 0.717) is 19.8 Å². The van der Waals surface area contributed by atoms with Crippen molar-refractivity contribution in [3.8, 4) is 0 Å². The van der Waals surface area contributed by atoms with Crippen molar-refractivity contribution in [3.05, 3.63) is 71.8 Å². The molecule has 0 spiro atoms. The molecule has 1 unspecified atom stereocenters. The molecule has 2 aliphatic rings. The minimum Gasteiger partial charge on any atom is -0.463 e. The molecule has 1 aliphatic heterocycles. The summed E-state index contributed by atoms with van der Waals surface area (Å²) in [6.45, 7) is 4.84. The van der Waals surface area contributed by atoms with E-state index < -0.39 is 0 Å². The molecule has 1 heterocycles. The number of carbonyl (C=O) groups excluding carboxylic acids is 1. The Kier molecular flexibility index (Phi) is 6.63. The zero-order chi connectivity index (χ0) is 19.9. The van der Waals surface area contributed by atoms with E-state index in [4.69, 9.17) is 9.47 Å². The lowest BCUT2D eigenvalue weighted by atomic mass is 9.86. The van der Waals surface area contributed by atoms with Crippen LogP contribution in [0, 0.1) is 5.92 Å². The molecule has 4 heteroatoms. The van der Waals surface area contributed by atoms with E-state index in [1.165, 1.54) is 43.5 Å². The Bertz CT molecular complexity index is 732. The summed E-state index contributed by atoms with van der Waals surface area (Å²) in [6, 6.07) is 20.6. The van der Waals surface area contributed by atoms with Gasteiger partial charge in [-0.25, -0.2) is 0 Å². The molecule has 0 aromatic heterocycles. The van der Waals surface area contributed by atoms with Crippen LogP contribution in [-0.2, 0) is 19.7 Å². The number of hydrogen-bond acceptors (Lipinski definition) is 4. The van der Waals surface area contributed by atoms with E-state index in [1.54, 1.807) is 0 Å². The minimum absolute atomic E-state index is 0.114. The number of nitrogens with zero attached hydrogens (tertiary/aromatic N) is 1. The van der Waals surface area contributed by atoms with E-state index in [-0.39, 0.29) is 17.3 Å². The van der Waals surface area contributed by atoms with Gasteiger partial charge in [-0.1, -0.05) is 67.1 Å².